The maximum Gasteiger partial charge on any atom is 0.304 e. The first-order valence-electron chi connectivity index (χ1n) is 8.90. The van der Waals surface area contributed by atoms with Gasteiger partial charge >= 0.3 is 5.97 Å². The summed E-state index contributed by atoms with van der Waals surface area (Å²) in [7, 11) is 1.58. The molecule has 30 heavy (non-hydrogen) atoms. The van der Waals surface area contributed by atoms with Crippen molar-refractivity contribution in [2.75, 3.05) is 11.9 Å². The Hall–Kier alpha value is -2.12. The summed E-state index contributed by atoms with van der Waals surface area (Å²) in [5, 5.41) is 12.5. The van der Waals surface area contributed by atoms with Crippen molar-refractivity contribution in [3.05, 3.63) is 68.5 Å². The molecule has 1 N–H and O–H groups in total. The van der Waals surface area contributed by atoms with Crippen LogP contribution in [0.4, 0.5) is 5.13 Å². The Labute approximate surface area is 192 Å². The minimum Gasteiger partial charge on any atom is -0.481 e. The van der Waals surface area contributed by atoms with Crippen LogP contribution in [0.3, 0.4) is 0 Å². The third-order valence-corrected chi connectivity index (χ3v) is 6.41. The molecule has 5 nitrogen and oxygen atoms in total. The molecule has 0 aliphatic heterocycles. The molecule has 1 unspecified atom stereocenters. The molecule has 3 rings (SSSR count). The van der Waals surface area contributed by atoms with Crippen LogP contribution in [0.1, 0.15) is 12.0 Å². The number of benzene rings is 2. The SMILES string of the molecule is CN(C(=O)C(CC(=O)O)Cc1ccccc1)c1nc(-c2cc(Cl)cc(Cl)c2Cl)cs1. The van der Waals surface area contributed by atoms with E-state index in [1.165, 1.54) is 22.3 Å². The molecule has 1 heterocycles. The second-order valence-corrected chi connectivity index (χ2v) is 8.70. The molecule has 0 aliphatic rings. The molecule has 1 atom stereocenters. The van der Waals surface area contributed by atoms with Gasteiger partial charge in [0.25, 0.3) is 0 Å². The van der Waals surface area contributed by atoms with Gasteiger partial charge in [-0.2, -0.15) is 0 Å². The largest absolute Gasteiger partial charge is 0.481 e. The van der Waals surface area contributed by atoms with Crippen LogP contribution >= 0.6 is 46.1 Å². The fraction of sp³-hybridized carbons (Fsp3) is 0.190. The predicted molar refractivity (Wildman–Crippen MR) is 122 cm³/mol. The van der Waals surface area contributed by atoms with Crippen molar-refractivity contribution in [3.8, 4) is 11.3 Å². The minimum atomic E-state index is -1.03. The van der Waals surface area contributed by atoms with Gasteiger partial charge in [0, 0.05) is 23.0 Å². The molecule has 0 aliphatic carbocycles. The average molecular weight is 484 g/mol. The highest BCUT2D eigenvalue weighted by Gasteiger charge is 2.27. The molecule has 1 aromatic heterocycles. The van der Waals surface area contributed by atoms with Crippen LogP contribution in [0.25, 0.3) is 11.3 Å². The van der Waals surface area contributed by atoms with Crippen LogP contribution in [0.2, 0.25) is 15.1 Å². The summed E-state index contributed by atoms with van der Waals surface area (Å²) < 4.78 is 0. The number of carboxylic acid groups (broad SMARTS) is 1. The van der Waals surface area contributed by atoms with Crippen LogP contribution in [0.5, 0.6) is 0 Å². The normalized spacial score (nSPS) is 11.9. The molecule has 0 radical (unpaired) electrons. The molecule has 2 aromatic carbocycles. The zero-order valence-electron chi connectivity index (χ0n) is 15.8. The van der Waals surface area contributed by atoms with Crippen LogP contribution in [-0.2, 0) is 16.0 Å². The number of rotatable bonds is 7. The van der Waals surface area contributed by atoms with Gasteiger partial charge in [-0.05, 0) is 24.1 Å². The Morgan fingerprint density at radius 3 is 2.53 bits per heavy atom. The fourth-order valence-corrected chi connectivity index (χ4v) is 4.50. The predicted octanol–water partition coefficient (Wildman–Crippen LogP) is 6.07. The van der Waals surface area contributed by atoms with Crippen molar-refractivity contribution in [3.63, 3.8) is 0 Å². The van der Waals surface area contributed by atoms with E-state index in [1.54, 1.807) is 18.5 Å². The van der Waals surface area contributed by atoms with Gasteiger partial charge < -0.3 is 5.11 Å². The number of carboxylic acids is 1. The number of carbonyl (C=O) groups excluding carboxylic acids is 1. The summed E-state index contributed by atoms with van der Waals surface area (Å²) in [6.07, 6.45) is 0.0519. The van der Waals surface area contributed by atoms with Gasteiger partial charge in [-0.1, -0.05) is 65.1 Å². The molecule has 0 bridgehead atoms. The van der Waals surface area contributed by atoms with Crippen molar-refractivity contribution >= 4 is 63.1 Å². The number of nitrogens with zero attached hydrogens (tertiary/aromatic N) is 2. The summed E-state index contributed by atoms with van der Waals surface area (Å²) in [6, 6.07) is 12.5. The summed E-state index contributed by atoms with van der Waals surface area (Å²) in [6.45, 7) is 0. The third kappa shape index (κ3) is 5.32. The lowest BCUT2D eigenvalue weighted by atomic mass is 9.95. The number of hydrogen-bond acceptors (Lipinski definition) is 4. The number of aliphatic carboxylic acids is 1. The standard InChI is InChI=1S/C21H17Cl3N2O3S/c1-26(20(29)13(8-18(27)28)7-12-5-3-2-4-6-12)21-25-17(11-30-21)15-9-14(22)10-16(23)19(15)24/h2-6,9-11,13H,7-8H2,1H3,(H,27,28). The topological polar surface area (TPSA) is 70.5 Å². The summed E-state index contributed by atoms with van der Waals surface area (Å²) in [5.74, 6) is -2.07. The van der Waals surface area contributed by atoms with Gasteiger partial charge in [0.15, 0.2) is 5.13 Å². The molecule has 1 amide bonds. The van der Waals surface area contributed by atoms with E-state index in [2.05, 4.69) is 4.98 Å². The van der Waals surface area contributed by atoms with E-state index in [9.17, 15) is 14.7 Å². The maximum absolute atomic E-state index is 13.1. The van der Waals surface area contributed by atoms with Crippen LogP contribution < -0.4 is 4.90 Å². The number of amides is 1. The molecule has 3 aromatic rings. The zero-order chi connectivity index (χ0) is 21.8. The first-order chi connectivity index (χ1) is 14.3. The van der Waals surface area contributed by atoms with E-state index in [4.69, 9.17) is 34.8 Å². The number of aromatic nitrogens is 1. The van der Waals surface area contributed by atoms with Crippen LogP contribution in [-0.4, -0.2) is 29.0 Å². The molecule has 0 saturated carbocycles. The van der Waals surface area contributed by atoms with E-state index in [1.807, 2.05) is 30.3 Å². The monoisotopic (exact) mass is 482 g/mol. The van der Waals surface area contributed by atoms with Gasteiger partial charge in [-0.3, -0.25) is 14.5 Å². The Morgan fingerprint density at radius 1 is 1.17 bits per heavy atom. The number of anilines is 1. The van der Waals surface area contributed by atoms with Gasteiger partial charge in [-0.15, -0.1) is 11.3 Å². The van der Waals surface area contributed by atoms with E-state index < -0.39 is 11.9 Å². The second kappa shape index (κ2) is 9.79. The summed E-state index contributed by atoms with van der Waals surface area (Å²) in [4.78, 5) is 30.3. The van der Waals surface area contributed by atoms with Crippen LogP contribution in [0.15, 0.2) is 47.8 Å². The molecular formula is C21H17Cl3N2O3S. The third-order valence-electron chi connectivity index (χ3n) is 4.47. The van der Waals surface area contributed by atoms with Gasteiger partial charge in [0.05, 0.1) is 28.1 Å². The number of halogens is 3. The molecule has 9 heteroatoms. The van der Waals surface area contributed by atoms with E-state index in [-0.39, 0.29) is 12.3 Å². The van der Waals surface area contributed by atoms with Gasteiger partial charge in [-0.25, -0.2) is 4.98 Å². The first-order valence-corrected chi connectivity index (χ1v) is 10.9. The molecule has 0 spiro atoms. The Morgan fingerprint density at radius 2 is 1.87 bits per heavy atom. The molecule has 0 fully saturated rings. The van der Waals surface area contributed by atoms with Crippen molar-refractivity contribution in [2.45, 2.75) is 12.8 Å². The molecule has 156 valence electrons. The van der Waals surface area contributed by atoms with Crippen LogP contribution in [0, 0.1) is 5.92 Å². The maximum atomic E-state index is 13.1. The van der Waals surface area contributed by atoms with Crippen molar-refractivity contribution in [2.24, 2.45) is 5.92 Å². The number of carbonyl (C=O) groups is 2. The van der Waals surface area contributed by atoms with Gasteiger partial charge in [0.1, 0.15) is 0 Å². The molecular weight excluding hydrogens is 467 g/mol. The van der Waals surface area contributed by atoms with E-state index in [0.717, 1.165) is 5.56 Å². The van der Waals surface area contributed by atoms with E-state index >= 15 is 0 Å². The highest BCUT2D eigenvalue weighted by atomic mass is 35.5. The lowest BCUT2D eigenvalue weighted by Crippen LogP contribution is -2.35. The summed E-state index contributed by atoms with van der Waals surface area (Å²) >= 11 is 19.7. The summed E-state index contributed by atoms with van der Waals surface area (Å²) in [5.41, 5.74) is 1.98. The first kappa shape index (κ1) is 22.6. The quantitative estimate of drug-likeness (QED) is 0.414. The second-order valence-electron chi connectivity index (χ2n) is 6.65. The van der Waals surface area contributed by atoms with E-state index in [0.29, 0.717) is 37.9 Å². The number of hydrogen-bond donors (Lipinski definition) is 1. The molecule has 0 saturated heterocycles. The highest BCUT2D eigenvalue weighted by molar-refractivity contribution is 7.14. The Kier molecular flexibility index (Phi) is 7.36. The highest BCUT2D eigenvalue weighted by Crippen LogP contribution is 2.38. The smallest absolute Gasteiger partial charge is 0.304 e. The zero-order valence-corrected chi connectivity index (χ0v) is 18.9. The van der Waals surface area contributed by atoms with Crippen molar-refractivity contribution in [1.29, 1.82) is 0 Å². The lowest BCUT2D eigenvalue weighted by molar-refractivity contribution is -0.140. The van der Waals surface area contributed by atoms with Gasteiger partial charge in [0.2, 0.25) is 5.91 Å². The van der Waals surface area contributed by atoms with Crippen molar-refractivity contribution < 1.29 is 14.7 Å². The minimum absolute atomic E-state index is 0.272. The fourth-order valence-electron chi connectivity index (χ4n) is 3.01. The van der Waals surface area contributed by atoms with Crippen molar-refractivity contribution in [1.82, 2.24) is 4.98 Å². The lowest BCUT2D eigenvalue weighted by Gasteiger charge is -2.21. The Bertz CT molecular complexity index is 1070. The Balaban J connectivity index is 1.85. The average Bonchev–Trinajstić information content (AvgIpc) is 3.19. The number of thiazole rings is 1.